The van der Waals surface area contributed by atoms with E-state index in [9.17, 15) is 4.39 Å². The molecule has 1 aromatic heterocycles. The van der Waals surface area contributed by atoms with Gasteiger partial charge in [0.2, 0.25) is 0 Å². The number of hydrogen-bond acceptors (Lipinski definition) is 2. The molecule has 1 heterocycles. The third-order valence-corrected chi connectivity index (χ3v) is 2.70. The summed E-state index contributed by atoms with van der Waals surface area (Å²) in [5.41, 5.74) is 1.75. The molecule has 86 valence electrons. The average Bonchev–Trinajstić information content (AvgIpc) is 2.62. The summed E-state index contributed by atoms with van der Waals surface area (Å²) in [6, 6.07) is 4.77. The van der Waals surface area contributed by atoms with Crippen LogP contribution in [-0.2, 0) is 13.0 Å². The number of fused-ring (bicyclic) bond motifs is 1. The van der Waals surface area contributed by atoms with Crippen molar-refractivity contribution in [2.24, 2.45) is 0 Å². The molecule has 0 spiro atoms. The van der Waals surface area contributed by atoms with Gasteiger partial charge in [-0.2, -0.15) is 0 Å². The molecule has 0 fully saturated rings. The van der Waals surface area contributed by atoms with Gasteiger partial charge in [0.1, 0.15) is 11.6 Å². The summed E-state index contributed by atoms with van der Waals surface area (Å²) in [5.74, 6) is 0.783. The first-order valence-electron chi connectivity index (χ1n) is 5.55. The largest absolute Gasteiger partial charge is 0.328 e. The highest BCUT2D eigenvalue weighted by Gasteiger charge is 2.09. The van der Waals surface area contributed by atoms with Crippen LogP contribution in [0.4, 0.5) is 4.39 Å². The van der Waals surface area contributed by atoms with Crippen LogP contribution in [0.25, 0.3) is 11.0 Å². The Balaban J connectivity index is 2.48. The van der Waals surface area contributed by atoms with Crippen molar-refractivity contribution in [2.45, 2.75) is 19.9 Å². The molecular weight excluding hydrogens is 205 g/mol. The smallest absolute Gasteiger partial charge is 0.125 e. The van der Waals surface area contributed by atoms with Crippen molar-refractivity contribution in [3.63, 3.8) is 0 Å². The molecule has 0 saturated carbocycles. The summed E-state index contributed by atoms with van der Waals surface area (Å²) >= 11 is 0. The van der Waals surface area contributed by atoms with E-state index in [1.165, 1.54) is 12.1 Å². The van der Waals surface area contributed by atoms with E-state index in [-0.39, 0.29) is 5.82 Å². The molecule has 1 N–H and O–H groups in total. The quantitative estimate of drug-likeness (QED) is 0.855. The first-order valence-corrected chi connectivity index (χ1v) is 5.55. The Kier molecular flexibility index (Phi) is 3.19. The van der Waals surface area contributed by atoms with Crippen molar-refractivity contribution in [3.8, 4) is 0 Å². The van der Waals surface area contributed by atoms with Gasteiger partial charge in [0.05, 0.1) is 11.0 Å². The van der Waals surface area contributed by atoms with E-state index in [0.717, 1.165) is 36.4 Å². The predicted octanol–water partition coefficient (Wildman–Crippen LogP) is 1.96. The number of likely N-dealkylation sites (N-methyl/N-ethyl adjacent to an activating group) is 1. The summed E-state index contributed by atoms with van der Waals surface area (Å²) in [6.07, 6.45) is 0.862. The summed E-state index contributed by atoms with van der Waals surface area (Å²) < 4.78 is 15.2. The summed E-state index contributed by atoms with van der Waals surface area (Å²) in [4.78, 5) is 4.46. The monoisotopic (exact) mass is 221 g/mol. The Hall–Kier alpha value is -1.42. The normalized spacial score (nSPS) is 11.2. The Morgan fingerprint density at radius 2 is 2.25 bits per heavy atom. The minimum absolute atomic E-state index is 0.228. The van der Waals surface area contributed by atoms with Gasteiger partial charge in [-0.25, -0.2) is 9.37 Å². The first kappa shape index (κ1) is 11.1. The van der Waals surface area contributed by atoms with Gasteiger partial charge in [-0.05, 0) is 26.1 Å². The van der Waals surface area contributed by atoms with Gasteiger partial charge in [0, 0.05) is 25.6 Å². The van der Waals surface area contributed by atoms with E-state index >= 15 is 0 Å². The van der Waals surface area contributed by atoms with Gasteiger partial charge in [-0.1, -0.05) is 0 Å². The fourth-order valence-corrected chi connectivity index (χ4v) is 1.93. The number of rotatable bonds is 4. The highest BCUT2D eigenvalue weighted by molar-refractivity contribution is 5.76. The maximum atomic E-state index is 13.1. The molecule has 0 aliphatic heterocycles. The molecule has 0 radical (unpaired) electrons. The van der Waals surface area contributed by atoms with E-state index in [0.29, 0.717) is 0 Å². The third kappa shape index (κ3) is 1.93. The first-order chi connectivity index (χ1) is 7.76. The third-order valence-electron chi connectivity index (χ3n) is 2.70. The topological polar surface area (TPSA) is 29.9 Å². The van der Waals surface area contributed by atoms with Gasteiger partial charge >= 0.3 is 0 Å². The molecule has 0 atom stereocenters. The maximum absolute atomic E-state index is 13.1. The molecule has 0 amide bonds. The number of nitrogens with zero attached hydrogens (tertiary/aromatic N) is 2. The summed E-state index contributed by atoms with van der Waals surface area (Å²) in [7, 11) is 1.92. The lowest BCUT2D eigenvalue weighted by Crippen LogP contribution is -2.13. The van der Waals surface area contributed by atoms with Gasteiger partial charge in [0.25, 0.3) is 0 Å². The Labute approximate surface area is 94.3 Å². The molecule has 0 aliphatic carbocycles. The fraction of sp³-hybridized carbons (Fsp3) is 0.417. The van der Waals surface area contributed by atoms with Crippen molar-refractivity contribution in [1.29, 1.82) is 0 Å². The van der Waals surface area contributed by atoms with Crippen molar-refractivity contribution >= 4 is 11.0 Å². The van der Waals surface area contributed by atoms with E-state index in [1.54, 1.807) is 6.07 Å². The standard InChI is InChI=1S/C12H16FN3/c1-3-16-11-5-4-9(13)8-10(11)15-12(16)6-7-14-2/h4-5,8,14H,3,6-7H2,1-2H3. The molecule has 0 aliphatic rings. The molecule has 0 bridgehead atoms. The number of nitrogens with one attached hydrogen (secondary N) is 1. The number of imidazole rings is 1. The Bertz CT molecular complexity index is 490. The minimum Gasteiger partial charge on any atom is -0.328 e. The van der Waals surface area contributed by atoms with Crippen LogP contribution in [0.5, 0.6) is 0 Å². The molecule has 2 rings (SSSR count). The van der Waals surface area contributed by atoms with Gasteiger partial charge in [0.15, 0.2) is 0 Å². The SMILES string of the molecule is CCn1c(CCNC)nc2cc(F)ccc21. The van der Waals surface area contributed by atoms with Gasteiger partial charge in [-0.15, -0.1) is 0 Å². The van der Waals surface area contributed by atoms with E-state index in [2.05, 4.69) is 21.8 Å². The molecule has 2 aromatic rings. The Morgan fingerprint density at radius 1 is 1.44 bits per heavy atom. The van der Waals surface area contributed by atoms with Crippen LogP contribution in [0.2, 0.25) is 0 Å². The number of benzene rings is 1. The zero-order chi connectivity index (χ0) is 11.5. The zero-order valence-corrected chi connectivity index (χ0v) is 9.63. The van der Waals surface area contributed by atoms with Crippen molar-refractivity contribution in [1.82, 2.24) is 14.9 Å². The van der Waals surface area contributed by atoms with Crippen LogP contribution < -0.4 is 5.32 Å². The number of hydrogen-bond donors (Lipinski definition) is 1. The minimum atomic E-state index is -0.228. The molecule has 3 nitrogen and oxygen atoms in total. The number of aromatic nitrogens is 2. The van der Waals surface area contributed by atoms with Crippen LogP contribution in [-0.4, -0.2) is 23.1 Å². The average molecular weight is 221 g/mol. The molecule has 0 unspecified atom stereocenters. The van der Waals surface area contributed by atoms with Gasteiger partial charge < -0.3 is 9.88 Å². The lowest BCUT2D eigenvalue weighted by molar-refractivity contribution is 0.629. The molecule has 0 saturated heterocycles. The second-order valence-corrected chi connectivity index (χ2v) is 3.76. The van der Waals surface area contributed by atoms with Crippen LogP contribution >= 0.6 is 0 Å². The maximum Gasteiger partial charge on any atom is 0.125 e. The van der Waals surface area contributed by atoms with Crippen molar-refractivity contribution < 1.29 is 4.39 Å². The second-order valence-electron chi connectivity index (χ2n) is 3.76. The number of aryl methyl sites for hydroxylation is 1. The lowest BCUT2D eigenvalue weighted by atomic mass is 10.3. The van der Waals surface area contributed by atoms with Gasteiger partial charge in [-0.3, -0.25) is 0 Å². The molecule has 4 heteroatoms. The molecular formula is C12H16FN3. The molecule has 16 heavy (non-hydrogen) atoms. The lowest BCUT2D eigenvalue weighted by Gasteiger charge is -2.05. The van der Waals surface area contributed by atoms with Crippen LogP contribution in [0, 0.1) is 5.82 Å². The highest BCUT2D eigenvalue weighted by atomic mass is 19.1. The van der Waals surface area contributed by atoms with Crippen LogP contribution in [0.1, 0.15) is 12.7 Å². The highest BCUT2D eigenvalue weighted by Crippen LogP contribution is 2.17. The summed E-state index contributed by atoms with van der Waals surface area (Å²) in [6.45, 7) is 3.82. The number of halogens is 1. The Morgan fingerprint density at radius 3 is 2.94 bits per heavy atom. The summed E-state index contributed by atoms with van der Waals surface area (Å²) in [5, 5.41) is 3.10. The zero-order valence-electron chi connectivity index (χ0n) is 9.63. The van der Waals surface area contributed by atoms with Crippen molar-refractivity contribution in [2.75, 3.05) is 13.6 Å². The fourth-order valence-electron chi connectivity index (χ4n) is 1.93. The van der Waals surface area contributed by atoms with E-state index in [4.69, 9.17) is 0 Å². The predicted molar refractivity (Wildman–Crippen MR) is 63.0 cm³/mol. The second kappa shape index (κ2) is 4.61. The molecule has 1 aromatic carbocycles. The van der Waals surface area contributed by atoms with Crippen molar-refractivity contribution in [3.05, 3.63) is 29.8 Å². The van der Waals surface area contributed by atoms with E-state index in [1.807, 2.05) is 7.05 Å². The van der Waals surface area contributed by atoms with Crippen LogP contribution in [0.15, 0.2) is 18.2 Å². The van der Waals surface area contributed by atoms with Crippen LogP contribution in [0.3, 0.4) is 0 Å². The van der Waals surface area contributed by atoms with E-state index < -0.39 is 0 Å².